The van der Waals surface area contributed by atoms with Crippen molar-refractivity contribution in [1.82, 2.24) is 4.90 Å². The molecule has 1 unspecified atom stereocenters. The van der Waals surface area contributed by atoms with E-state index in [1.165, 1.54) is 6.07 Å². The van der Waals surface area contributed by atoms with Crippen molar-refractivity contribution in [2.24, 2.45) is 11.1 Å². The fraction of sp³-hybridized carbons (Fsp3) is 0.500. The first-order chi connectivity index (χ1) is 8.93. The lowest BCUT2D eigenvalue weighted by atomic mass is 9.90. The summed E-state index contributed by atoms with van der Waals surface area (Å²) in [6.07, 6.45) is 1.25. The number of hydrogen-bond acceptors (Lipinski definition) is 2. The van der Waals surface area contributed by atoms with Crippen LogP contribution >= 0.6 is 28.3 Å². The van der Waals surface area contributed by atoms with Gasteiger partial charge in [0.1, 0.15) is 5.82 Å². The fourth-order valence-corrected chi connectivity index (χ4v) is 2.77. The molecule has 0 radical (unpaired) electrons. The van der Waals surface area contributed by atoms with Gasteiger partial charge in [0.05, 0.1) is 10.9 Å². The molecule has 0 bridgehead atoms. The Hall–Kier alpha value is -0.650. The van der Waals surface area contributed by atoms with Gasteiger partial charge in [-0.05, 0) is 52.0 Å². The van der Waals surface area contributed by atoms with Crippen molar-refractivity contribution in [3.05, 3.63) is 34.1 Å². The van der Waals surface area contributed by atoms with E-state index < -0.39 is 0 Å². The molecule has 0 saturated carbocycles. The minimum absolute atomic E-state index is 0. The highest BCUT2D eigenvalue weighted by atomic mass is 79.9. The summed E-state index contributed by atoms with van der Waals surface area (Å²) in [6.45, 7) is 4.17. The zero-order chi connectivity index (χ0) is 14.0. The van der Waals surface area contributed by atoms with E-state index in [1.54, 1.807) is 12.1 Å². The number of likely N-dealkylation sites (tertiary alicyclic amines) is 1. The lowest BCUT2D eigenvalue weighted by molar-refractivity contribution is -0.129. The largest absolute Gasteiger partial charge is 0.342 e. The Bertz CT molecular complexity index is 500. The summed E-state index contributed by atoms with van der Waals surface area (Å²) in [5, 5.41) is 0. The maximum Gasteiger partial charge on any atom is 0.227 e. The first-order valence-electron chi connectivity index (χ1n) is 6.35. The molecule has 1 saturated heterocycles. The van der Waals surface area contributed by atoms with Crippen molar-refractivity contribution < 1.29 is 9.18 Å². The van der Waals surface area contributed by atoms with Crippen LogP contribution in [0.5, 0.6) is 0 Å². The highest BCUT2D eigenvalue weighted by Gasteiger charge is 2.34. The Balaban J connectivity index is 0.00000200. The zero-order valence-electron chi connectivity index (χ0n) is 11.4. The van der Waals surface area contributed by atoms with Gasteiger partial charge in [0.2, 0.25) is 5.91 Å². The Morgan fingerprint density at radius 2 is 2.25 bits per heavy atom. The van der Waals surface area contributed by atoms with Crippen LogP contribution in [0, 0.1) is 11.2 Å². The molecular weight excluding hydrogens is 347 g/mol. The SMILES string of the molecule is CC1(CN)CCN(C(=O)Cc2ccc(F)c(Br)c2)C1.Cl. The number of rotatable bonds is 3. The van der Waals surface area contributed by atoms with Crippen LogP contribution in [-0.2, 0) is 11.2 Å². The van der Waals surface area contributed by atoms with E-state index in [-0.39, 0.29) is 29.5 Å². The summed E-state index contributed by atoms with van der Waals surface area (Å²) in [5.74, 6) is -0.233. The topological polar surface area (TPSA) is 46.3 Å². The summed E-state index contributed by atoms with van der Waals surface area (Å²) in [6, 6.07) is 4.68. The molecule has 1 aliphatic heterocycles. The minimum Gasteiger partial charge on any atom is -0.342 e. The van der Waals surface area contributed by atoms with E-state index in [4.69, 9.17) is 5.73 Å². The highest BCUT2D eigenvalue weighted by molar-refractivity contribution is 9.10. The molecule has 20 heavy (non-hydrogen) atoms. The summed E-state index contributed by atoms with van der Waals surface area (Å²) < 4.78 is 13.5. The molecule has 1 aliphatic rings. The van der Waals surface area contributed by atoms with Crippen LogP contribution in [0.4, 0.5) is 4.39 Å². The fourth-order valence-electron chi connectivity index (χ4n) is 2.34. The van der Waals surface area contributed by atoms with E-state index in [0.717, 1.165) is 18.5 Å². The lowest BCUT2D eigenvalue weighted by Gasteiger charge is -2.22. The molecule has 6 heteroatoms. The lowest BCUT2D eigenvalue weighted by Crippen LogP contribution is -2.35. The second kappa shape index (κ2) is 6.87. The Kier molecular flexibility index (Phi) is 5.98. The standard InChI is InChI=1S/C14H18BrFN2O.ClH/c1-14(8-17)4-5-18(9-14)13(19)7-10-2-3-12(16)11(15)6-10;/h2-3,6H,4-5,7-9,17H2,1H3;1H. The van der Waals surface area contributed by atoms with Crippen LogP contribution in [0.15, 0.2) is 22.7 Å². The molecule has 0 aromatic heterocycles. The predicted molar refractivity (Wildman–Crippen MR) is 83.4 cm³/mol. The van der Waals surface area contributed by atoms with Crippen molar-refractivity contribution >= 4 is 34.2 Å². The van der Waals surface area contributed by atoms with Gasteiger partial charge in [-0.2, -0.15) is 0 Å². The van der Waals surface area contributed by atoms with Crippen molar-refractivity contribution in [3.63, 3.8) is 0 Å². The van der Waals surface area contributed by atoms with Crippen LogP contribution in [0.2, 0.25) is 0 Å². The van der Waals surface area contributed by atoms with Crippen molar-refractivity contribution in [1.29, 1.82) is 0 Å². The van der Waals surface area contributed by atoms with E-state index in [1.807, 2.05) is 4.90 Å². The third kappa shape index (κ3) is 3.93. The van der Waals surface area contributed by atoms with E-state index in [0.29, 0.717) is 24.0 Å². The molecule has 1 amide bonds. The van der Waals surface area contributed by atoms with Gasteiger partial charge < -0.3 is 10.6 Å². The van der Waals surface area contributed by atoms with Gasteiger partial charge in [0.15, 0.2) is 0 Å². The van der Waals surface area contributed by atoms with Crippen LogP contribution in [0.3, 0.4) is 0 Å². The second-order valence-electron chi connectivity index (χ2n) is 5.51. The number of nitrogens with zero attached hydrogens (tertiary/aromatic N) is 1. The molecule has 112 valence electrons. The third-order valence-corrected chi connectivity index (χ3v) is 4.35. The summed E-state index contributed by atoms with van der Waals surface area (Å²) in [5.41, 5.74) is 6.59. The Labute approximate surface area is 133 Å². The minimum atomic E-state index is -0.312. The Morgan fingerprint density at radius 1 is 1.55 bits per heavy atom. The molecular formula is C14H19BrClFN2O. The first kappa shape index (κ1) is 17.4. The second-order valence-corrected chi connectivity index (χ2v) is 6.36. The molecule has 1 fully saturated rings. The summed E-state index contributed by atoms with van der Waals surface area (Å²) >= 11 is 3.13. The quantitative estimate of drug-likeness (QED) is 0.895. The summed E-state index contributed by atoms with van der Waals surface area (Å²) in [4.78, 5) is 14.0. The molecule has 3 nitrogen and oxygen atoms in total. The van der Waals surface area contributed by atoms with Crippen LogP contribution in [0.1, 0.15) is 18.9 Å². The molecule has 2 N–H and O–H groups in total. The number of hydrogen-bond donors (Lipinski definition) is 1. The van der Waals surface area contributed by atoms with Crippen LogP contribution in [0.25, 0.3) is 0 Å². The van der Waals surface area contributed by atoms with Gasteiger partial charge in [0, 0.05) is 13.1 Å². The van der Waals surface area contributed by atoms with Crippen molar-refractivity contribution in [2.45, 2.75) is 19.8 Å². The molecule has 2 rings (SSSR count). The monoisotopic (exact) mass is 364 g/mol. The van der Waals surface area contributed by atoms with Gasteiger partial charge >= 0.3 is 0 Å². The number of carbonyl (C=O) groups is 1. The zero-order valence-corrected chi connectivity index (χ0v) is 13.8. The van der Waals surface area contributed by atoms with E-state index in [2.05, 4.69) is 22.9 Å². The van der Waals surface area contributed by atoms with Crippen molar-refractivity contribution in [3.8, 4) is 0 Å². The normalized spacial score (nSPS) is 21.7. The van der Waals surface area contributed by atoms with Crippen LogP contribution in [-0.4, -0.2) is 30.4 Å². The number of halogens is 3. The number of nitrogens with two attached hydrogens (primary N) is 1. The predicted octanol–water partition coefficient (Wildman–Crippen LogP) is 2.75. The van der Waals surface area contributed by atoms with Gasteiger partial charge in [-0.25, -0.2) is 4.39 Å². The molecule has 1 heterocycles. The van der Waals surface area contributed by atoms with Gasteiger partial charge in [-0.15, -0.1) is 12.4 Å². The Morgan fingerprint density at radius 3 is 2.80 bits per heavy atom. The van der Waals surface area contributed by atoms with Crippen LogP contribution < -0.4 is 5.73 Å². The molecule has 1 aromatic carbocycles. The number of carbonyl (C=O) groups excluding carboxylic acids is 1. The molecule has 1 atom stereocenters. The third-order valence-electron chi connectivity index (χ3n) is 3.74. The highest BCUT2D eigenvalue weighted by Crippen LogP contribution is 2.29. The number of amides is 1. The van der Waals surface area contributed by atoms with Gasteiger partial charge in [0.25, 0.3) is 0 Å². The average Bonchev–Trinajstić information content (AvgIpc) is 2.78. The maximum atomic E-state index is 13.1. The molecule has 0 aliphatic carbocycles. The van der Waals surface area contributed by atoms with Crippen molar-refractivity contribution in [2.75, 3.05) is 19.6 Å². The smallest absolute Gasteiger partial charge is 0.227 e. The summed E-state index contributed by atoms with van der Waals surface area (Å²) in [7, 11) is 0. The number of benzene rings is 1. The maximum absolute atomic E-state index is 13.1. The van der Waals surface area contributed by atoms with Gasteiger partial charge in [-0.3, -0.25) is 4.79 Å². The van der Waals surface area contributed by atoms with Gasteiger partial charge in [-0.1, -0.05) is 13.0 Å². The molecule has 0 spiro atoms. The molecule has 1 aromatic rings. The first-order valence-corrected chi connectivity index (χ1v) is 7.15. The average molecular weight is 366 g/mol. The van der Waals surface area contributed by atoms with E-state index >= 15 is 0 Å². The van der Waals surface area contributed by atoms with E-state index in [9.17, 15) is 9.18 Å².